The third kappa shape index (κ3) is 3.63. The van der Waals surface area contributed by atoms with E-state index in [1.54, 1.807) is 14.1 Å². The summed E-state index contributed by atoms with van der Waals surface area (Å²) in [5.41, 5.74) is 2.95. The van der Waals surface area contributed by atoms with Crippen LogP contribution in [0.3, 0.4) is 0 Å². The number of H-pyrrole nitrogens is 1. The SMILES string of the molecule is CC(=O)C(Sc1nc2c([nH]c3ccccc32)c(=O)n1-c1ccccc1C)C(=O)N(C)C. The standard InChI is InChI=1S/C23H22N4O3S/c1-13-9-5-8-12-17(13)27-21(29)19-18(15-10-6-7-11-16(15)24-19)25-23(27)31-20(14(2)28)22(30)26(3)4/h5-12,20,24H,1-4H3. The van der Waals surface area contributed by atoms with Gasteiger partial charge in [-0.25, -0.2) is 4.98 Å². The van der Waals surface area contributed by atoms with Crippen molar-refractivity contribution in [3.05, 3.63) is 64.4 Å². The summed E-state index contributed by atoms with van der Waals surface area (Å²) in [7, 11) is 3.20. The lowest BCUT2D eigenvalue weighted by molar-refractivity contribution is -0.132. The molecule has 1 N–H and O–H groups in total. The number of aromatic amines is 1. The van der Waals surface area contributed by atoms with Crippen LogP contribution in [0, 0.1) is 6.92 Å². The molecule has 2 heterocycles. The van der Waals surface area contributed by atoms with Gasteiger partial charge in [0, 0.05) is 25.0 Å². The van der Waals surface area contributed by atoms with Crippen molar-refractivity contribution in [3.8, 4) is 5.69 Å². The van der Waals surface area contributed by atoms with E-state index in [1.807, 2.05) is 55.5 Å². The van der Waals surface area contributed by atoms with Crippen LogP contribution in [-0.2, 0) is 9.59 Å². The van der Waals surface area contributed by atoms with Gasteiger partial charge in [0.15, 0.2) is 10.9 Å². The number of benzene rings is 2. The summed E-state index contributed by atoms with van der Waals surface area (Å²) in [4.78, 5) is 48.0. The average molecular weight is 435 g/mol. The van der Waals surface area contributed by atoms with Crippen molar-refractivity contribution in [3.63, 3.8) is 0 Å². The first kappa shape index (κ1) is 20.9. The number of hydrogen-bond acceptors (Lipinski definition) is 5. The number of nitrogens with zero attached hydrogens (tertiary/aromatic N) is 3. The summed E-state index contributed by atoms with van der Waals surface area (Å²) in [5, 5.41) is 0.110. The van der Waals surface area contributed by atoms with Gasteiger partial charge in [-0.15, -0.1) is 0 Å². The maximum atomic E-state index is 13.6. The monoisotopic (exact) mass is 434 g/mol. The molecule has 0 spiro atoms. The minimum absolute atomic E-state index is 0.280. The fourth-order valence-corrected chi connectivity index (χ4v) is 4.61. The third-order valence-electron chi connectivity index (χ3n) is 5.11. The quantitative estimate of drug-likeness (QED) is 0.296. The predicted octanol–water partition coefficient (Wildman–Crippen LogP) is 3.31. The molecule has 0 fully saturated rings. The Morgan fingerprint density at radius 1 is 1.10 bits per heavy atom. The number of aromatic nitrogens is 3. The third-order valence-corrected chi connectivity index (χ3v) is 6.36. The molecule has 1 unspecified atom stereocenters. The molecular weight excluding hydrogens is 412 g/mol. The highest BCUT2D eigenvalue weighted by atomic mass is 32.2. The van der Waals surface area contributed by atoms with Gasteiger partial charge in [0.1, 0.15) is 16.3 Å². The van der Waals surface area contributed by atoms with Gasteiger partial charge >= 0.3 is 0 Å². The zero-order valence-electron chi connectivity index (χ0n) is 17.7. The van der Waals surface area contributed by atoms with Gasteiger partial charge in [0.05, 0.1) is 5.69 Å². The minimum Gasteiger partial charge on any atom is -0.349 e. The Morgan fingerprint density at radius 2 is 1.77 bits per heavy atom. The summed E-state index contributed by atoms with van der Waals surface area (Å²) in [5.74, 6) is -0.643. The molecule has 0 saturated heterocycles. The zero-order valence-corrected chi connectivity index (χ0v) is 18.5. The summed E-state index contributed by atoms with van der Waals surface area (Å²) in [6.07, 6.45) is 0. The lowest BCUT2D eigenvalue weighted by atomic mass is 10.2. The highest BCUT2D eigenvalue weighted by Crippen LogP contribution is 2.30. The van der Waals surface area contributed by atoms with Crippen molar-refractivity contribution in [2.24, 2.45) is 0 Å². The van der Waals surface area contributed by atoms with Crippen LogP contribution in [0.5, 0.6) is 0 Å². The molecule has 2 aromatic heterocycles. The first-order valence-corrected chi connectivity index (χ1v) is 10.6. The van der Waals surface area contributed by atoms with E-state index < -0.39 is 5.25 Å². The molecule has 1 atom stereocenters. The van der Waals surface area contributed by atoms with Gasteiger partial charge in [-0.2, -0.15) is 0 Å². The first-order valence-electron chi connectivity index (χ1n) is 9.77. The molecule has 0 radical (unpaired) electrons. The van der Waals surface area contributed by atoms with Gasteiger partial charge in [0.2, 0.25) is 5.91 Å². The number of thioether (sulfide) groups is 1. The van der Waals surface area contributed by atoms with Crippen LogP contribution in [0.15, 0.2) is 58.5 Å². The van der Waals surface area contributed by atoms with Crippen molar-refractivity contribution in [2.45, 2.75) is 24.3 Å². The normalized spacial score (nSPS) is 12.3. The van der Waals surface area contributed by atoms with Crippen LogP contribution in [-0.4, -0.2) is 50.5 Å². The molecule has 0 aliphatic heterocycles. The maximum absolute atomic E-state index is 13.6. The molecule has 4 aromatic rings. The zero-order chi connectivity index (χ0) is 22.3. The van der Waals surface area contributed by atoms with E-state index in [9.17, 15) is 14.4 Å². The minimum atomic E-state index is -1.00. The second-order valence-corrected chi connectivity index (χ2v) is 8.63. The number of aryl methyl sites for hydroxylation is 1. The Labute approximate surface area is 183 Å². The molecule has 7 nitrogen and oxygen atoms in total. The predicted molar refractivity (Wildman–Crippen MR) is 123 cm³/mol. The van der Waals surface area contributed by atoms with Crippen LogP contribution in [0.4, 0.5) is 0 Å². The summed E-state index contributed by atoms with van der Waals surface area (Å²) in [6.45, 7) is 3.28. The van der Waals surface area contributed by atoms with Crippen molar-refractivity contribution in [2.75, 3.05) is 14.1 Å². The van der Waals surface area contributed by atoms with Gasteiger partial charge in [-0.1, -0.05) is 48.2 Å². The summed E-state index contributed by atoms with van der Waals surface area (Å²) >= 11 is 1.00. The van der Waals surface area contributed by atoms with E-state index in [2.05, 4.69) is 4.98 Å². The Hall–Kier alpha value is -3.39. The number of para-hydroxylation sites is 2. The van der Waals surface area contributed by atoms with E-state index in [1.165, 1.54) is 16.4 Å². The number of nitrogens with one attached hydrogen (secondary N) is 1. The second-order valence-electron chi connectivity index (χ2n) is 7.56. The number of carbonyl (C=O) groups is 2. The van der Waals surface area contributed by atoms with E-state index in [4.69, 9.17) is 4.98 Å². The molecule has 0 saturated carbocycles. The smallest absolute Gasteiger partial charge is 0.283 e. The van der Waals surface area contributed by atoms with Crippen molar-refractivity contribution in [1.29, 1.82) is 0 Å². The Kier molecular flexibility index (Phi) is 5.41. The second kappa shape index (κ2) is 8.03. The molecule has 8 heteroatoms. The molecule has 0 aliphatic rings. The van der Waals surface area contributed by atoms with Gasteiger partial charge in [-0.05, 0) is 31.5 Å². The van der Waals surface area contributed by atoms with Crippen LogP contribution in [0.2, 0.25) is 0 Å². The Bertz CT molecular complexity index is 1390. The van der Waals surface area contributed by atoms with Crippen molar-refractivity contribution >= 4 is 45.4 Å². The summed E-state index contributed by atoms with van der Waals surface area (Å²) in [6, 6.07) is 15.0. The molecule has 1 amide bonds. The number of ketones is 1. The number of amides is 1. The molecule has 31 heavy (non-hydrogen) atoms. The topological polar surface area (TPSA) is 88.1 Å². The van der Waals surface area contributed by atoms with Crippen LogP contribution >= 0.6 is 11.8 Å². The number of Topliss-reactive ketones (excluding diaryl/α,β-unsaturated/α-hetero) is 1. The molecule has 2 aromatic carbocycles. The van der Waals surface area contributed by atoms with Crippen molar-refractivity contribution < 1.29 is 9.59 Å². The molecule has 4 rings (SSSR count). The van der Waals surface area contributed by atoms with Gasteiger partial charge < -0.3 is 9.88 Å². The lowest BCUT2D eigenvalue weighted by Gasteiger charge is -2.20. The molecular formula is C23H22N4O3S. The summed E-state index contributed by atoms with van der Waals surface area (Å²) < 4.78 is 1.48. The number of rotatable bonds is 5. The van der Waals surface area contributed by atoms with Gasteiger partial charge in [-0.3, -0.25) is 19.0 Å². The molecule has 158 valence electrons. The highest BCUT2D eigenvalue weighted by Gasteiger charge is 2.29. The molecule has 0 bridgehead atoms. The van der Waals surface area contributed by atoms with Crippen LogP contribution < -0.4 is 5.56 Å². The number of carbonyl (C=O) groups excluding carboxylic acids is 2. The maximum Gasteiger partial charge on any atom is 0.283 e. The van der Waals surface area contributed by atoms with E-state index in [0.717, 1.165) is 28.2 Å². The van der Waals surface area contributed by atoms with Gasteiger partial charge in [0.25, 0.3) is 5.56 Å². The van der Waals surface area contributed by atoms with E-state index in [0.29, 0.717) is 21.9 Å². The van der Waals surface area contributed by atoms with E-state index >= 15 is 0 Å². The Morgan fingerprint density at radius 3 is 2.45 bits per heavy atom. The van der Waals surface area contributed by atoms with Crippen molar-refractivity contribution in [1.82, 2.24) is 19.4 Å². The van der Waals surface area contributed by atoms with Crippen LogP contribution in [0.1, 0.15) is 12.5 Å². The van der Waals surface area contributed by atoms with E-state index in [-0.39, 0.29) is 17.2 Å². The fourth-order valence-electron chi connectivity index (χ4n) is 3.50. The number of fused-ring (bicyclic) bond motifs is 3. The molecule has 0 aliphatic carbocycles. The fraction of sp³-hybridized carbons (Fsp3) is 0.217. The highest BCUT2D eigenvalue weighted by molar-refractivity contribution is 8.01. The largest absolute Gasteiger partial charge is 0.349 e. The average Bonchev–Trinajstić information content (AvgIpc) is 3.11. The number of hydrogen-bond donors (Lipinski definition) is 1. The first-order chi connectivity index (χ1) is 14.8. The lowest BCUT2D eigenvalue weighted by Crippen LogP contribution is -2.36. The Balaban J connectivity index is 2.04. The van der Waals surface area contributed by atoms with Crippen LogP contribution in [0.25, 0.3) is 27.6 Å².